The van der Waals surface area contributed by atoms with Crippen LogP contribution in [0.4, 0.5) is 0 Å². The Morgan fingerprint density at radius 2 is 2.05 bits per heavy atom. The van der Waals surface area contributed by atoms with E-state index in [9.17, 15) is 4.79 Å². The number of hydrogen-bond acceptors (Lipinski definition) is 3. The molecule has 5 heteroatoms. The highest BCUT2D eigenvalue weighted by Gasteiger charge is 2.32. The first-order valence-electron chi connectivity index (χ1n) is 6.97. The van der Waals surface area contributed by atoms with Crippen LogP contribution in [0.25, 0.3) is 0 Å². The maximum Gasteiger partial charge on any atom is 0.223 e. The highest BCUT2D eigenvalue weighted by Crippen LogP contribution is 2.26. The zero-order valence-corrected chi connectivity index (χ0v) is 11.5. The molecule has 1 saturated heterocycles. The average molecular weight is 270 g/mol. The Morgan fingerprint density at radius 1 is 1.30 bits per heavy atom. The molecule has 1 atom stereocenters. The first kappa shape index (κ1) is 12.8. The second-order valence-electron chi connectivity index (χ2n) is 5.22. The van der Waals surface area contributed by atoms with Gasteiger partial charge < -0.3 is 4.90 Å². The number of nitrogens with zero attached hydrogens (tertiary/aromatic N) is 3. The van der Waals surface area contributed by atoms with Crippen molar-refractivity contribution in [3.05, 3.63) is 47.5 Å². The summed E-state index contributed by atoms with van der Waals surface area (Å²) in [6.07, 6.45) is 3.05. The van der Waals surface area contributed by atoms with E-state index < -0.39 is 0 Å². The van der Waals surface area contributed by atoms with Crippen molar-refractivity contribution in [3.63, 3.8) is 0 Å². The molecule has 1 N–H and O–H groups in total. The van der Waals surface area contributed by atoms with E-state index in [0.29, 0.717) is 19.5 Å². The van der Waals surface area contributed by atoms with Crippen molar-refractivity contribution < 1.29 is 4.79 Å². The molecule has 1 aliphatic rings. The normalized spacial score (nSPS) is 18.8. The second kappa shape index (κ2) is 5.45. The molecule has 2 heterocycles. The fraction of sp³-hybridized carbons (Fsp3) is 0.400. The third-order valence-electron chi connectivity index (χ3n) is 3.84. The van der Waals surface area contributed by atoms with Gasteiger partial charge in [0.15, 0.2) is 0 Å². The van der Waals surface area contributed by atoms with E-state index in [1.165, 1.54) is 17.5 Å². The second-order valence-corrected chi connectivity index (χ2v) is 5.22. The third kappa shape index (κ3) is 2.57. The van der Waals surface area contributed by atoms with Gasteiger partial charge in [-0.3, -0.25) is 9.89 Å². The number of carbonyl (C=O) groups is 1. The number of amides is 1. The number of likely N-dealkylation sites (tertiary alicyclic amines) is 1. The molecule has 0 aliphatic carbocycles. The van der Waals surface area contributed by atoms with Gasteiger partial charge in [0.2, 0.25) is 5.91 Å². The van der Waals surface area contributed by atoms with E-state index in [-0.39, 0.29) is 11.8 Å². The number of carbonyl (C=O) groups excluding carboxylic acids is 1. The molecule has 1 unspecified atom stereocenters. The molecule has 1 aromatic carbocycles. The van der Waals surface area contributed by atoms with Crippen molar-refractivity contribution in [3.8, 4) is 0 Å². The van der Waals surface area contributed by atoms with Crippen molar-refractivity contribution in [2.24, 2.45) is 0 Å². The van der Waals surface area contributed by atoms with Crippen molar-refractivity contribution in [2.75, 3.05) is 6.54 Å². The van der Waals surface area contributed by atoms with Crippen LogP contribution in [0.1, 0.15) is 36.2 Å². The number of hydrogen-bond donors (Lipinski definition) is 1. The number of benzene rings is 1. The molecule has 20 heavy (non-hydrogen) atoms. The fourth-order valence-corrected chi connectivity index (χ4v) is 2.62. The molecular weight excluding hydrogens is 252 g/mol. The quantitative estimate of drug-likeness (QED) is 0.922. The Morgan fingerprint density at radius 3 is 2.70 bits per heavy atom. The van der Waals surface area contributed by atoms with Crippen molar-refractivity contribution in [1.29, 1.82) is 0 Å². The van der Waals surface area contributed by atoms with Gasteiger partial charge >= 0.3 is 0 Å². The van der Waals surface area contributed by atoms with Gasteiger partial charge in [-0.25, -0.2) is 4.98 Å². The Balaban J connectivity index is 1.67. The van der Waals surface area contributed by atoms with Crippen LogP contribution in [0.2, 0.25) is 0 Å². The van der Waals surface area contributed by atoms with Gasteiger partial charge in [-0.1, -0.05) is 31.2 Å². The van der Waals surface area contributed by atoms with Crippen LogP contribution in [0.5, 0.6) is 0 Å². The highest BCUT2D eigenvalue weighted by atomic mass is 16.2. The molecule has 3 rings (SSSR count). The Kier molecular flexibility index (Phi) is 3.50. The van der Waals surface area contributed by atoms with Crippen LogP contribution < -0.4 is 0 Å². The van der Waals surface area contributed by atoms with Gasteiger partial charge in [0.05, 0.1) is 0 Å². The molecule has 1 amide bonds. The topological polar surface area (TPSA) is 61.9 Å². The summed E-state index contributed by atoms with van der Waals surface area (Å²) in [6.45, 7) is 3.53. The fourth-order valence-electron chi connectivity index (χ4n) is 2.62. The smallest absolute Gasteiger partial charge is 0.223 e. The van der Waals surface area contributed by atoms with Crippen LogP contribution >= 0.6 is 0 Å². The molecule has 104 valence electrons. The number of aromatic nitrogens is 3. The first-order valence-corrected chi connectivity index (χ1v) is 6.97. The number of aromatic amines is 1. The van der Waals surface area contributed by atoms with Crippen molar-refractivity contribution in [2.45, 2.75) is 32.2 Å². The van der Waals surface area contributed by atoms with E-state index >= 15 is 0 Å². The zero-order chi connectivity index (χ0) is 13.9. The van der Waals surface area contributed by atoms with E-state index in [1.54, 1.807) is 0 Å². The minimum absolute atomic E-state index is 0.139. The Labute approximate surface area is 118 Å². The molecular formula is C15H18N4O. The monoisotopic (exact) mass is 270 g/mol. The summed E-state index contributed by atoms with van der Waals surface area (Å²) in [7, 11) is 0. The van der Waals surface area contributed by atoms with Gasteiger partial charge in [0.25, 0.3) is 0 Å². The molecule has 0 saturated carbocycles. The summed E-state index contributed by atoms with van der Waals surface area (Å²) in [5, 5.41) is 6.71. The van der Waals surface area contributed by atoms with E-state index in [2.05, 4.69) is 46.4 Å². The summed E-state index contributed by atoms with van der Waals surface area (Å²) >= 11 is 0. The first-order chi connectivity index (χ1) is 9.76. The third-order valence-corrected chi connectivity index (χ3v) is 3.84. The Bertz CT molecular complexity index is 576. The molecule has 1 aliphatic heterocycles. The molecule has 1 aromatic heterocycles. The number of nitrogens with one attached hydrogen (secondary N) is 1. The van der Waals surface area contributed by atoms with E-state index in [4.69, 9.17) is 0 Å². The average Bonchev–Trinajstić information content (AvgIpc) is 3.10. The number of H-pyrrole nitrogens is 1. The van der Waals surface area contributed by atoms with Crippen molar-refractivity contribution >= 4 is 5.91 Å². The maximum absolute atomic E-state index is 12.1. The predicted molar refractivity (Wildman–Crippen MR) is 75.0 cm³/mol. The molecule has 0 spiro atoms. The van der Waals surface area contributed by atoms with Gasteiger partial charge in [-0.2, -0.15) is 5.10 Å². The SMILES string of the molecule is CCc1ccc(CN2CC(c3ncn[nH]3)CC2=O)cc1. The number of rotatable bonds is 4. The summed E-state index contributed by atoms with van der Waals surface area (Å²) in [6, 6.07) is 8.47. The van der Waals surface area contributed by atoms with Crippen LogP contribution in [0, 0.1) is 0 Å². The lowest BCUT2D eigenvalue weighted by atomic mass is 10.1. The van der Waals surface area contributed by atoms with Crippen LogP contribution in [0.15, 0.2) is 30.6 Å². The molecule has 0 radical (unpaired) electrons. The van der Waals surface area contributed by atoms with Gasteiger partial charge in [-0.05, 0) is 17.5 Å². The molecule has 5 nitrogen and oxygen atoms in total. The Hall–Kier alpha value is -2.17. The lowest BCUT2D eigenvalue weighted by Crippen LogP contribution is -2.24. The zero-order valence-electron chi connectivity index (χ0n) is 11.5. The highest BCUT2D eigenvalue weighted by molar-refractivity contribution is 5.79. The summed E-state index contributed by atoms with van der Waals surface area (Å²) in [4.78, 5) is 18.1. The minimum atomic E-state index is 0.139. The van der Waals surface area contributed by atoms with Crippen LogP contribution in [-0.4, -0.2) is 32.5 Å². The van der Waals surface area contributed by atoms with Gasteiger partial charge in [0.1, 0.15) is 12.2 Å². The standard InChI is InChI=1S/C15H18N4O/c1-2-11-3-5-12(6-4-11)8-19-9-13(7-14(19)20)15-16-10-17-18-15/h3-6,10,13H,2,7-9H2,1H3,(H,16,17,18). The summed E-state index contributed by atoms with van der Waals surface area (Å²) < 4.78 is 0. The van der Waals surface area contributed by atoms with Crippen LogP contribution in [-0.2, 0) is 17.8 Å². The van der Waals surface area contributed by atoms with Gasteiger partial charge in [-0.15, -0.1) is 0 Å². The van der Waals surface area contributed by atoms with Gasteiger partial charge in [0, 0.05) is 25.4 Å². The molecule has 2 aromatic rings. The predicted octanol–water partition coefficient (Wildman–Crippen LogP) is 1.88. The molecule has 0 bridgehead atoms. The summed E-state index contributed by atoms with van der Waals surface area (Å²) in [5.74, 6) is 1.13. The largest absolute Gasteiger partial charge is 0.338 e. The summed E-state index contributed by atoms with van der Waals surface area (Å²) in [5.41, 5.74) is 2.50. The van der Waals surface area contributed by atoms with Crippen LogP contribution in [0.3, 0.4) is 0 Å². The van der Waals surface area contributed by atoms with E-state index in [0.717, 1.165) is 12.2 Å². The maximum atomic E-state index is 12.1. The lowest BCUT2D eigenvalue weighted by molar-refractivity contribution is -0.128. The van der Waals surface area contributed by atoms with E-state index in [1.807, 2.05) is 4.90 Å². The van der Waals surface area contributed by atoms with Crippen molar-refractivity contribution in [1.82, 2.24) is 20.1 Å². The minimum Gasteiger partial charge on any atom is -0.338 e. The lowest BCUT2D eigenvalue weighted by Gasteiger charge is -2.16. The molecule has 1 fully saturated rings. The number of aryl methyl sites for hydroxylation is 1.